The Labute approximate surface area is 106 Å². The van der Waals surface area contributed by atoms with Gasteiger partial charge in [0.2, 0.25) is 5.91 Å². The molecule has 1 atom stereocenters. The van der Waals surface area contributed by atoms with Crippen molar-refractivity contribution in [2.45, 2.75) is 13.0 Å². The normalized spacial score (nSPS) is 16.4. The zero-order chi connectivity index (χ0) is 13.1. The Bertz CT molecular complexity index is 490. The van der Waals surface area contributed by atoms with E-state index in [0.29, 0.717) is 12.1 Å². The third-order valence-electron chi connectivity index (χ3n) is 3.16. The Balaban J connectivity index is 2.14. The maximum absolute atomic E-state index is 11.7. The fourth-order valence-corrected chi connectivity index (χ4v) is 2.02. The molecule has 4 heteroatoms. The third-order valence-corrected chi connectivity index (χ3v) is 3.16. The lowest BCUT2D eigenvalue weighted by Gasteiger charge is -2.25. The number of hydrogen-bond acceptors (Lipinski definition) is 3. The molecule has 1 aliphatic heterocycles. The van der Waals surface area contributed by atoms with Gasteiger partial charge in [0.1, 0.15) is 12.0 Å². The van der Waals surface area contributed by atoms with Gasteiger partial charge in [0, 0.05) is 18.2 Å². The number of hydrogen-bond donors (Lipinski definition) is 0. The van der Waals surface area contributed by atoms with Crippen molar-refractivity contribution in [2.24, 2.45) is 0 Å². The number of methoxy groups -OCH3 is 1. The molecule has 1 amide bonds. The number of carbonyl (C=O) groups excluding carboxylic acids is 2. The van der Waals surface area contributed by atoms with Crippen LogP contribution in [0, 0.1) is 0 Å². The summed E-state index contributed by atoms with van der Waals surface area (Å²) in [7, 11) is 1.61. The fourth-order valence-electron chi connectivity index (χ4n) is 2.02. The molecule has 2 rings (SSSR count). The van der Waals surface area contributed by atoms with Crippen molar-refractivity contribution >= 4 is 12.2 Å². The Morgan fingerprint density at radius 2 is 2.00 bits per heavy atom. The summed E-state index contributed by atoms with van der Waals surface area (Å²) >= 11 is 0. The first-order valence-electron chi connectivity index (χ1n) is 5.76. The van der Waals surface area contributed by atoms with E-state index in [-0.39, 0.29) is 11.9 Å². The Hall–Kier alpha value is -2.10. The number of aldehydes is 1. The van der Waals surface area contributed by atoms with Crippen LogP contribution in [0.4, 0.5) is 0 Å². The van der Waals surface area contributed by atoms with Crippen LogP contribution in [0.15, 0.2) is 35.9 Å². The van der Waals surface area contributed by atoms with Crippen LogP contribution in [0.5, 0.6) is 5.75 Å². The highest BCUT2D eigenvalue weighted by Gasteiger charge is 2.26. The Morgan fingerprint density at radius 3 is 2.50 bits per heavy atom. The molecule has 0 aliphatic carbocycles. The smallest absolute Gasteiger partial charge is 0.247 e. The van der Waals surface area contributed by atoms with E-state index in [2.05, 4.69) is 0 Å². The van der Waals surface area contributed by atoms with Crippen LogP contribution in [0.3, 0.4) is 0 Å². The van der Waals surface area contributed by atoms with Gasteiger partial charge in [0.25, 0.3) is 0 Å². The van der Waals surface area contributed by atoms with Crippen LogP contribution in [0.1, 0.15) is 18.5 Å². The van der Waals surface area contributed by atoms with Crippen LogP contribution in [0.25, 0.3) is 0 Å². The zero-order valence-electron chi connectivity index (χ0n) is 10.4. The van der Waals surface area contributed by atoms with E-state index in [1.807, 2.05) is 31.2 Å². The van der Waals surface area contributed by atoms with Gasteiger partial charge < -0.3 is 9.64 Å². The number of nitrogens with zero attached hydrogens (tertiary/aromatic N) is 1. The first kappa shape index (κ1) is 12.4. The summed E-state index contributed by atoms with van der Waals surface area (Å²) in [6.45, 7) is 2.33. The van der Waals surface area contributed by atoms with E-state index >= 15 is 0 Å². The maximum Gasteiger partial charge on any atom is 0.247 e. The lowest BCUT2D eigenvalue weighted by Crippen LogP contribution is -2.29. The Kier molecular flexibility index (Phi) is 3.46. The van der Waals surface area contributed by atoms with Crippen LogP contribution in [-0.2, 0) is 9.59 Å². The second kappa shape index (κ2) is 5.04. The van der Waals surface area contributed by atoms with Crippen LogP contribution in [-0.4, -0.2) is 30.7 Å². The Morgan fingerprint density at radius 1 is 1.33 bits per heavy atom. The monoisotopic (exact) mass is 245 g/mol. The zero-order valence-corrected chi connectivity index (χ0v) is 10.4. The summed E-state index contributed by atoms with van der Waals surface area (Å²) in [4.78, 5) is 24.1. The number of rotatable bonds is 4. The lowest BCUT2D eigenvalue weighted by atomic mass is 10.1. The highest BCUT2D eigenvalue weighted by atomic mass is 16.5. The van der Waals surface area contributed by atoms with Gasteiger partial charge in [-0.05, 0) is 24.6 Å². The second-order valence-corrected chi connectivity index (χ2v) is 4.25. The minimum absolute atomic E-state index is 0.0582. The highest BCUT2D eigenvalue weighted by molar-refractivity contribution is 5.98. The molecule has 0 radical (unpaired) electrons. The molecular weight excluding hydrogens is 230 g/mol. The average molecular weight is 245 g/mol. The minimum atomic E-state index is -0.111. The molecule has 0 fully saturated rings. The summed E-state index contributed by atoms with van der Waals surface area (Å²) in [6.07, 6.45) is 2.13. The van der Waals surface area contributed by atoms with Crippen molar-refractivity contribution in [3.63, 3.8) is 0 Å². The van der Waals surface area contributed by atoms with Gasteiger partial charge in [-0.1, -0.05) is 12.1 Å². The van der Waals surface area contributed by atoms with Crippen molar-refractivity contribution in [3.8, 4) is 5.75 Å². The SMILES string of the molecule is COc1ccc([C@@H](C)N2CC(C=O)=CC2=O)cc1. The van der Waals surface area contributed by atoms with Crippen molar-refractivity contribution in [1.29, 1.82) is 0 Å². The van der Waals surface area contributed by atoms with Crippen molar-refractivity contribution in [2.75, 3.05) is 13.7 Å². The molecule has 0 aromatic heterocycles. The quantitative estimate of drug-likeness (QED) is 0.759. The largest absolute Gasteiger partial charge is 0.497 e. The average Bonchev–Trinajstić information content (AvgIpc) is 2.79. The van der Waals surface area contributed by atoms with E-state index in [1.165, 1.54) is 6.08 Å². The third kappa shape index (κ3) is 2.27. The van der Waals surface area contributed by atoms with E-state index in [0.717, 1.165) is 17.6 Å². The molecule has 0 saturated heterocycles. The molecule has 4 nitrogen and oxygen atoms in total. The molecular formula is C14H15NO3. The molecule has 1 heterocycles. The maximum atomic E-state index is 11.7. The molecule has 0 unspecified atom stereocenters. The first-order valence-corrected chi connectivity index (χ1v) is 5.76. The molecule has 0 saturated carbocycles. The lowest BCUT2D eigenvalue weighted by molar-refractivity contribution is -0.126. The fraction of sp³-hybridized carbons (Fsp3) is 0.286. The van der Waals surface area contributed by atoms with Gasteiger partial charge in [-0.3, -0.25) is 9.59 Å². The van der Waals surface area contributed by atoms with Gasteiger partial charge in [0.05, 0.1) is 13.2 Å². The molecule has 0 spiro atoms. The van der Waals surface area contributed by atoms with Gasteiger partial charge in [-0.25, -0.2) is 0 Å². The molecule has 0 N–H and O–H groups in total. The van der Waals surface area contributed by atoms with Crippen molar-refractivity contribution in [3.05, 3.63) is 41.5 Å². The van der Waals surface area contributed by atoms with Crippen molar-refractivity contribution in [1.82, 2.24) is 4.90 Å². The number of amides is 1. The molecule has 18 heavy (non-hydrogen) atoms. The first-order chi connectivity index (χ1) is 8.65. The van der Waals surface area contributed by atoms with E-state index in [1.54, 1.807) is 12.0 Å². The standard InChI is InChI=1S/C14H15NO3/c1-10(12-3-5-13(18-2)6-4-12)15-8-11(9-16)7-14(15)17/h3-7,9-10H,8H2,1-2H3/t10-/m1/s1. The molecule has 1 aromatic rings. The summed E-state index contributed by atoms with van der Waals surface area (Å²) in [5.41, 5.74) is 1.55. The van der Waals surface area contributed by atoms with E-state index < -0.39 is 0 Å². The van der Waals surface area contributed by atoms with Crippen LogP contribution >= 0.6 is 0 Å². The van der Waals surface area contributed by atoms with Gasteiger partial charge in [-0.15, -0.1) is 0 Å². The van der Waals surface area contributed by atoms with Gasteiger partial charge >= 0.3 is 0 Å². The minimum Gasteiger partial charge on any atom is -0.497 e. The second-order valence-electron chi connectivity index (χ2n) is 4.25. The number of benzene rings is 1. The summed E-state index contributed by atoms with van der Waals surface area (Å²) in [5, 5.41) is 0. The van der Waals surface area contributed by atoms with Crippen LogP contribution in [0.2, 0.25) is 0 Å². The summed E-state index contributed by atoms with van der Waals surface area (Å²) in [5.74, 6) is 0.672. The molecule has 0 bridgehead atoms. The van der Waals surface area contributed by atoms with Crippen molar-refractivity contribution < 1.29 is 14.3 Å². The van der Waals surface area contributed by atoms with E-state index in [9.17, 15) is 9.59 Å². The summed E-state index contributed by atoms with van der Waals surface area (Å²) in [6, 6.07) is 7.52. The predicted octanol–water partition coefficient (Wildman–Crippen LogP) is 1.72. The predicted molar refractivity (Wildman–Crippen MR) is 67.3 cm³/mol. The van der Waals surface area contributed by atoms with Gasteiger partial charge in [-0.2, -0.15) is 0 Å². The highest BCUT2D eigenvalue weighted by Crippen LogP contribution is 2.26. The topological polar surface area (TPSA) is 46.6 Å². The number of carbonyl (C=O) groups is 2. The summed E-state index contributed by atoms with van der Waals surface area (Å²) < 4.78 is 5.09. The molecule has 1 aliphatic rings. The van der Waals surface area contributed by atoms with Gasteiger partial charge in [0.15, 0.2) is 0 Å². The molecule has 1 aromatic carbocycles. The van der Waals surface area contributed by atoms with E-state index in [4.69, 9.17) is 4.74 Å². The number of ether oxygens (including phenoxy) is 1. The molecule has 94 valence electrons. The van der Waals surface area contributed by atoms with Crippen LogP contribution < -0.4 is 4.74 Å².